The van der Waals surface area contributed by atoms with Gasteiger partial charge in [-0.25, -0.2) is 4.68 Å². The topological polar surface area (TPSA) is 76.4 Å². The summed E-state index contributed by atoms with van der Waals surface area (Å²) in [6, 6.07) is 0. The number of aryl methyl sites for hydroxylation is 2. The number of hydrogen-bond acceptors (Lipinski definition) is 4. The van der Waals surface area contributed by atoms with Crippen molar-refractivity contribution < 1.29 is 14.6 Å². The molecule has 6 nitrogen and oxygen atoms in total. The van der Waals surface area contributed by atoms with Gasteiger partial charge in [0.05, 0.1) is 12.8 Å². The fourth-order valence-corrected chi connectivity index (χ4v) is 2.67. The maximum absolute atomic E-state index is 12.4. The monoisotopic (exact) mass is 297 g/mol. The molecule has 0 radical (unpaired) electrons. The number of rotatable bonds is 8. The van der Waals surface area contributed by atoms with Gasteiger partial charge in [-0.05, 0) is 31.6 Å². The largest absolute Gasteiger partial charge is 0.481 e. The number of hydrogen-bond donors (Lipinski definition) is 2. The lowest BCUT2D eigenvalue weighted by Crippen LogP contribution is -2.38. The molecule has 120 valence electrons. The van der Waals surface area contributed by atoms with Crippen molar-refractivity contribution in [2.24, 2.45) is 12.5 Å². The Bertz CT molecular complexity index is 479. The summed E-state index contributed by atoms with van der Waals surface area (Å²) in [7, 11) is 3.28. The number of ether oxygens (including phenoxy) is 1. The highest BCUT2D eigenvalue weighted by Crippen LogP contribution is 2.30. The maximum atomic E-state index is 12.4. The van der Waals surface area contributed by atoms with E-state index >= 15 is 0 Å². The predicted molar refractivity (Wildman–Crippen MR) is 81.5 cm³/mol. The fraction of sp³-hybridized carbons (Fsp3) is 0.733. The summed E-state index contributed by atoms with van der Waals surface area (Å²) in [5.41, 5.74) is 1.06. The van der Waals surface area contributed by atoms with Gasteiger partial charge in [0.2, 0.25) is 5.88 Å². The highest BCUT2D eigenvalue weighted by molar-refractivity contribution is 5.97. The zero-order valence-electron chi connectivity index (χ0n) is 13.7. The second-order valence-corrected chi connectivity index (χ2v) is 5.46. The van der Waals surface area contributed by atoms with Gasteiger partial charge in [0, 0.05) is 20.2 Å². The van der Waals surface area contributed by atoms with Gasteiger partial charge >= 0.3 is 0 Å². The number of carbonyl (C=O) groups is 1. The zero-order valence-corrected chi connectivity index (χ0v) is 13.7. The molecule has 1 amide bonds. The summed E-state index contributed by atoms with van der Waals surface area (Å²) in [5, 5.41) is 16.4. The molecule has 0 aromatic carbocycles. The van der Waals surface area contributed by atoms with Gasteiger partial charge in [0.1, 0.15) is 5.56 Å². The molecule has 1 aromatic rings. The molecular formula is C15H27N3O3. The van der Waals surface area contributed by atoms with Crippen molar-refractivity contribution in [3.05, 3.63) is 11.3 Å². The first-order chi connectivity index (χ1) is 9.94. The predicted octanol–water partition coefficient (Wildman–Crippen LogP) is 1.66. The lowest BCUT2D eigenvalue weighted by atomic mass is 9.79. The Morgan fingerprint density at radius 3 is 2.52 bits per heavy atom. The second-order valence-electron chi connectivity index (χ2n) is 5.46. The zero-order chi connectivity index (χ0) is 16.0. The van der Waals surface area contributed by atoms with E-state index in [0.717, 1.165) is 12.8 Å². The lowest BCUT2D eigenvalue weighted by molar-refractivity contribution is 0.0903. The van der Waals surface area contributed by atoms with Crippen LogP contribution in [0.1, 0.15) is 49.2 Å². The van der Waals surface area contributed by atoms with Crippen LogP contribution in [-0.4, -0.2) is 41.1 Å². The number of nitrogens with one attached hydrogen (secondary N) is 1. The second kappa shape index (κ2) is 7.45. The highest BCUT2D eigenvalue weighted by Gasteiger charge is 2.28. The molecule has 0 saturated heterocycles. The number of carbonyl (C=O) groups excluding carboxylic acids is 1. The third-order valence-corrected chi connectivity index (χ3v) is 4.36. The molecule has 0 aliphatic carbocycles. The molecule has 0 fully saturated rings. The van der Waals surface area contributed by atoms with Gasteiger partial charge in [-0.1, -0.05) is 13.8 Å². The first kappa shape index (κ1) is 17.5. The standard InChI is InChI=1S/C15H27N3O3/c1-6-15(7-2,8-9-19)10-16-13(20)12-11(3)17-18(4)14(12)21-5/h19H,6-10H2,1-5H3,(H,16,20). The van der Waals surface area contributed by atoms with E-state index in [9.17, 15) is 9.90 Å². The summed E-state index contributed by atoms with van der Waals surface area (Å²) in [5.74, 6) is 0.285. The average molecular weight is 297 g/mol. The smallest absolute Gasteiger partial charge is 0.258 e. The average Bonchev–Trinajstić information content (AvgIpc) is 2.77. The van der Waals surface area contributed by atoms with E-state index in [2.05, 4.69) is 24.3 Å². The van der Waals surface area contributed by atoms with E-state index < -0.39 is 0 Å². The molecular weight excluding hydrogens is 270 g/mol. The Morgan fingerprint density at radius 2 is 2.05 bits per heavy atom. The Morgan fingerprint density at radius 1 is 1.43 bits per heavy atom. The molecule has 0 saturated carbocycles. The molecule has 0 atom stereocenters. The quantitative estimate of drug-likeness (QED) is 0.765. The molecule has 0 bridgehead atoms. The molecule has 0 aliphatic rings. The molecule has 2 N–H and O–H groups in total. The van der Waals surface area contributed by atoms with E-state index in [0.29, 0.717) is 30.1 Å². The Hall–Kier alpha value is -1.56. The van der Waals surface area contributed by atoms with E-state index in [-0.39, 0.29) is 17.9 Å². The molecule has 6 heteroatoms. The Kier molecular flexibility index (Phi) is 6.20. The van der Waals surface area contributed by atoms with Crippen LogP contribution in [0, 0.1) is 12.3 Å². The van der Waals surface area contributed by atoms with E-state index in [1.807, 2.05) is 0 Å². The van der Waals surface area contributed by atoms with E-state index in [1.54, 1.807) is 18.7 Å². The summed E-state index contributed by atoms with van der Waals surface area (Å²) >= 11 is 0. The van der Waals surface area contributed by atoms with Crippen molar-refractivity contribution in [1.29, 1.82) is 0 Å². The Labute approximate surface area is 126 Å². The van der Waals surface area contributed by atoms with Crippen LogP contribution in [0.3, 0.4) is 0 Å². The summed E-state index contributed by atoms with van der Waals surface area (Å²) in [4.78, 5) is 12.4. The van der Waals surface area contributed by atoms with Crippen LogP contribution < -0.4 is 10.1 Å². The third kappa shape index (κ3) is 3.75. The van der Waals surface area contributed by atoms with E-state index in [4.69, 9.17) is 4.74 Å². The lowest BCUT2D eigenvalue weighted by Gasteiger charge is -2.31. The van der Waals surface area contributed by atoms with Crippen LogP contribution in [0.5, 0.6) is 5.88 Å². The number of aliphatic hydroxyl groups excluding tert-OH is 1. The van der Waals surface area contributed by atoms with Gasteiger partial charge in [-0.2, -0.15) is 5.10 Å². The first-order valence-corrected chi connectivity index (χ1v) is 7.41. The Balaban J connectivity index is 2.87. The van der Waals surface area contributed by atoms with Crippen LogP contribution >= 0.6 is 0 Å². The van der Waals surface area contributed by atoms with Crippen LogP contribution in [0.15, 0.2) is 0 Å². The summed E-state index contributed by atoms with van der Waals surface area (Å²) in [6.45, 7) is 6.63. The van der Waals surface area contributed by atoms with Crippen molar-refractivity contribution in [2.45, 2.75) is 40.0 Å². The minimum absolute atomic E-state index is 0.0617. The van der Waals surface area contributed by atoms with Crippen molar-refractivity contribution in [2.75, 3.05) is 20.3 Å². The number of aliphatic hydroxyl groups is 1. The van der Waals surface area contributed by atoms with Gasteiger partial charge < -0.3 is 15.2 Å². The molecule has 21 heavy (non-hydrogen) atoms. The van der Waals surface area contributed by atoms with Crippen LogP contribution in [0.4, 0.5) is 0 Å². The van der Waals surface area contributed by atoms with Gasteiger partial charge in [0.15, 0.2) is 0 Å². The molecule has 1 aromatic heterocycles. The van der Waals surface area contributed by atoms with Crippen molar-refractivity contribution >= 4 is 5.91 Å². The first-order valence-electron chi connectivity index (χ1n) is 7.41. The van der Waals surface area contributed by atoms with Gasteiger partial charge in [0.25, 0.3) is 5.91 Å². The highest BCUT2D eigenvalue weighted by atomic mass is 16.5. The molecule has 0 spiro atoms. The normalized spacial score (nSPS) is 11.5. The maximum Gasteiger partial charge on any atom is 0.258 e. The molecule has 1 rings (SSSR count). The fourth-order valence-electron chi connectivity index (χ4n) is 2.67. The minimum Gasteiger partial charge on any atom is -0.481 e. The van der Waals surface area contributed by atoms with Crippen molar-refractivity contribution in [3.63, 3.8) is 0 Å². The van der Waals surface area contributed by atoms with Crippen molar-refractivity contribution in [3.8, 4) is 5.88 Å². The number of methoxy groups -OCH3 is 1. The SMILES string of the molecule is CCC(CC)(CCO)CNC(=O)c1c(C)nn(C)c1OC. The summed E-state index contributed by atoms with van der Waals surface area (Å²) in [6.07, 6.45) is 2.50. The van der Waals surface area contributed by atoms with Gasteiger partial charge in [-0.15, -0.1) is 0 Å². The number of nitrogens with zero attached hydrogens (tertiary/aromatic N) is 2. The molecule has 0 unspecified atom stereocenters. The van der Waals surface area contributed by atoms with Crippen molar-refractivity contribution in [1.82, 2.24) is 15.1 Å². The number of amides is 1. The van der Waals surface area contributed by atoms with Gasteiger partial charge in [-0.3, -0.25) is 4.79 Å². The summed E-state index contributed by atoms with van der Waals surface area (Å²) < 4.78 is 6.81. The molecule has 0 aliphatic heterocycles. The minimum atomic E-state index is -0.179. The number of aromatic nitrogens is 2. The van der Waals surface area contributed by atoms with E-state index in [1.165, 1.54) is 7.11 Å². The van der Waals surface area contributed by atoms with Crippen LogP contribution in [-0.2, 0) is 7.05 Å². The van der Waals surface area contributed by atoms with Crippen LogP contribution in [0.25, 0.3) is 0 Å². The third-order valence-electron chi connectivity index (χ3n) is 4.36. The van der Waals surface area contributed by atoms with Crippen LogP contribution in [0.2, 0.25) is 0 Å². The molecule has 1 heterocycles.